The van der Waals surface area contributed by atoms with E-state index in [-0.39, 0.29) is 17.4 Å². The summed E-state index contributed by atoms with van der Waals surface area (Å²) in [5.74, 6) is -0.0473. The minimum Gasteiger partial charge on any atom is -0.323 e. The van der Waals surface area contributed by atoms with Gasteiger partial charge in [0.25, 0.3) is 0 Å². The third kappa shape index (κ3) is 3.41. The van der Waals surface area contributed by atoms with Gasteiger partial charge in [-0.1, -0.05) is 37.0 Å². The third-order valence-corrected chi connectivity index (χ3v) is 4.13. The Balaban J connectivity index is 2.12. The molecule has 1 aliphatic rings. The standard InChI is InChI=1S/C14H18Cl2N2O/c1-14(2)6-3-7-17-12(14)13(19)18-11-5-4-9(15)8-10(11)16/h4-5,8,12,17H,3,6-7H2,1-2H3,(H,18,19). The monoisotopic (exact) mass is 300 g/mol. The Morgan fingerprint density at radius 2 is 2.16 bits per heavy atom. The highest BCUT2D eigenvalue weighted by Crippen LogP contribution is 2.32. The molecule has 0 saturated carbocycles. The van der Waals surface area contributed by atoms with Gasteiger partial charge >= 0.3 is 0 Å². The van der Waals surface area contributed by atoms with Crippen LogP contribution in [-0.4, -0.2) is 18.5 Å². The number of benzene rings is 1. The van der Waals surface area contributed by atoms with Gasteiger partial charge in [0.1, 0.15) is 0 Å². The van der Waals surface area contributed by atoms with Crippen molar-refractivity contribution in [1.82, 2.24) is 5.32 Å². The molecule has 2 N–H and O–H groups in total. The summed E-state index contributed by atoms with van der Waals surface area (Å²) in [6.45, 7) is 5.08. The molecule has 5 heteroatoms. The first-order chi connectivity index (χ1) is 8.90. The van der Waals surface area contributed by atoms with E-state index in [9.17, 15) is 4.79 Å². The third-order valence-electron chi connectivity index (χ3n) is 3.58. The summed E-state index contributed by atoms with van der Waals surface area (Å²) in [4.78, 5) is 12.4. The quantitative estimate of drug-likeness (QED) is 0.874. The molecule has 1 aromatic carbocycles. The summed E-state index contributed by atoms with van der Waals surface area (Å²) < 4.78 is 0. The second-order valence-corrected chi connectivity index (χ2v) is 6.44. The van der Waals surface area contributed by atoms with E-state index in [1.807, 2.05) is 0 Å². The van der Waals surface area contributed by atoms with Crippen molar-refractivity contribution in [1.29, 1.82) is 0 Å². The number of halogens is 2. The Kier molecular flexibility index (Phi) is 4.39. The summed E-state index contributed by atoms with van der Waals surface area (Å²) in [5.41, 5.74) is 0.542. The number of hydrogen-bond acceptors (Lipinski definition) is 2. The van der Waals surface area contributed by atoms with Gasteiger partial charge in [0.05, 0.1) is 16.8 Å². The maximum absolute atomic E-state index is 12.4. The average molecular weight is 301 g/mol. The van der Waals surface area contributed by atoms with Crippen LogP contribution >= 0.6 is 23.2 Å². The Morgan fingerprint density at radius 3 is 2.79 bits per heavy atom. The molecular formula is C14H18Cl2N2O. The van der Waals surface area contributed by atoms with Crippen LogP contribution in [0.1, 0.15) is 26.7 Å². The highest BCUT2D eigenvalue weighted by Gasteiger charge is 2.37. The number of nitrogens with one attached hydrogen (secondary N) is 2. The van der Waals surface area contributed by atoms with Crippen LogP contribution in [0.2, 0.25) is 10.0 Å². The molecule has 0 radical (unpaired) electrons. The molecule has 1 heterocycles. The van der Waals surface area contributed by atoms with Crippen LogP contribution in [0.4, 0.5) is 5.69 Å². The average Bonchev–Trinajstić information content (AvgIpc) is 2.32. The van der Waals surface area contributed by atoms with Crippen LogP contribution in [0, 0.1) is 5.41 Å². The van der Waals surface area contributed by atoms with E-state index in [1.165, 1.54) is 0 Å². The molecule has 1 atom stereocenters. The molecule has 1 fully saturated rings. The van der Waals surface area contributed by atoms with Crippen LogP contribution in [0.3, 0.4) is 0 Å². The highest BCUT2D eigenvalue weighted by atomic mass is 35.5. The first kappa shape index (κ1) is 14.6. The molecule has 0 spiro atoms. The van der Waals surface area contributed by atoms with E-state index in [4.69, 9.17) is 23.2 Å². The van der Waals surface area contributed by atoms with Crippen LogP contribution < -0.4 is 10.6 Å². The topological polar surface area (TPSA) is 41.1 Å². The molecule has 0 aromatic heterocycles. The van der Waals surface area contributed by atoms with Crippen LogP contribution in [0.15, 0.2) is 18.2 Å². The molecule has 2 rings (SSSR count). The normalized spacial score (nSPS) is 22.0. The lowest BCUT2D eigenvalue weighted by molar-refractivity contribution is -0.121. The fourth-order valence-electron chi connectivity index (χ4n) is 2.45. The molecule has 0 aliphatic carbocycles. The maximum atomic E-state index is 12.4. The number of carbonyl (C=O) groups is 1. The molecule has 104 valence electrons. The smallest absolute Gasteiger partial charge is 0.242 e. The summed E-state index contributed by atoms with van der Waals surface area (Å²) in [7, 11) is 0. The number of carbonyl (C=O) groups excluding carboxylic acids is 1. The Hall–Kier alpha value is -0.770. The van der Waals surface area contributed by atoms with Gasteiger partial charge in [0, 0.05) is 5.02 Å². The van der Waals surface area contributed by atoms with Crippen molar-refractivity contribution in [2.24, 2.45) is 5.41 Å². The zero-order valence-corrected chi connectivity index (χ0v) is 12.6. The predicted octanol–water partition coefficient (Wildman–Crippen LogP) is 3.71. The molecule has 3 nitrogen and oxygen atoms in total. The van der Waals surface area contributed by atoms with Crippen molar-refractivity contribution in [3.05, 3.63) is 28.2 Å². The van der Waals surface area contributed by atoms with E-state index >= 15 is 0 Å². The maximum Gasteiger partial charge on any atom is 0.242 e. The minimum atomic E-state index is -0.201. The van der Waals surface area contributed by atoms with Crippen molar-refractivity contribution in [3.63, 3.8) is 0 Å². The SMILES string of the molecule is CC1(C)CCCNC1C(=O)Nc1ccc(Cl)cc1Cl. The molecule has 1 saturated heterocycles. The molecular weight excluding hydrogens is 283 g/mol. The zero-order valence-electron chi connectivity index (χ0n) is 11.1. The van der Waals surface area contributed by atoms with E-state index in [0.29, 0.717) is 15.7 Å². The molecule has 1 amide bonds. The van der Waals surface area contributed by atoms with Crippen molar-refractivity contribution >= 4 is 34.8 Å². The lowest BCUT2D eigenvalue weighted by Gasteiger charge is -2.38. The van der Waals surface area contributed by atoms with Gasteiger partial charge in [-0.05, 0) is 43.0 Å². The van der Waals surface area contributed by atoms with E-state index < -0.39 is 0 Å². The first-order valence-electron chi connectivity index (χ1n) is 6.39. The molecule has 1 aromatic rings. The van der Waals surface area contributed by atoms with Crippen molar-refractivity contribution in [3.8, 4) is 0 Å². The molecule has 1 unspecified atom stereocenters. The van der Waals surface area contributed by atoms with Gasteiger partial charge in [0.2, 0.25) is 5.91 Å². The van der Waals surface area contributed by atoms with Gasteiger partial charge in [-0.2, -0.15) is 0 Å². The number of anilines is 1. The fraction of sp³-hybridized carbons (Fsp3) is 0.500. The first-order valence-corrected chi connectivity index (χ1v) is 7.15. The summed E-state index contributed by atoms with van der Waals surface area (Å²) in [6, 6.07) is 4.85. The van der Waals surface area contributed by atoms with Crippen molar-refractivity contribution in [2.75, 3.05) is 11.9 Å². The van der Waals surface area contributed by atoms with Gasteiger partial charge in [0.15, 0.2) is 0 Å². The van der Waals surface area contributed by atoms with Crippen molar-refractivity contribution < 1.29 is 4.79 Å². The summed E-state index contributed by atoms with van der Waals surface area (Å²) >= 11 is 11.9. The second-order valence-electron chi connectivity index (χ2n) is 5.59. The van der Waals surface area contributed by atoms with Gasteiger partial charge < -0.3 is 10.6 Å². The Morgan fingerprint density at radius 1 is 1.42 bits per heavy atom. The highest BCUT2D eigenvalue weighted by molar-refractivity contribution is 6.36. The molecule has 19 heavy (non-hydrogen) atoms. The number of amides is 1. The number of piperidine rings is 1. The summed E-state index contributed by atoms with van der Waals surface area (Å²) in [5, 5.41) is 7.16. The summed E-state index contributed by atoms with van der Waals surface area (Å²) in [6.07, 6.45) is 2.13. The van der Waals surface area contributed by atoms with E-state index in [1.54, 1.807) is 18.2 Å². The lowest BCUT2D eigenvalue weighted by atomic mass is 9.77. The molecule has 0 bridgehead atoms. The second kappa shape index (κ2) is 5.70. The number of hydrogen-bond donors (Lipinski definition) is 2. The zero-order chi connectivity index (χ0) is 14.0. The number of rotatable bonds is 2. The van der Waals surface area contributed by atoms with Crippen LogP contribution in [0.5, 0.6) is 0 Å². The van der Waals surface area contributed by atoms with E-state index in [0.717, 1.165) is 19.4 Å². The van der Waals surface area contributed by atoms with Gasteiger partial charge in [-0.15, -0.1) is 0 Å². The largest absolute Gasteiger partial charge is 0.323 e. The van der Waals surface area contributed by atoms with Crippen molar-refractivity contribution in [2.45, 2.75) is 32.7 Å². The Bertz CT molecular complexity index is 488. The fourth-order valence-corrected chi connectivity index (χ4v) is 2.91. The minimum absolute atomic E-state index is 0.0473. The predicted molar refractivity (Wildman–Crippen MR) is 79.9 cm³/mol. The molecule has 1 aliphatic heterocycles. The Labute approximate surface area is 123 Å². The van der Waals surface area contributed by atoms with Gasteiger partial charge in [-0.25, -0.2) is 0 Å². The lowest BCUT2D eigenvalue weighted by Crippen LogP contribution is -2.53. The van der Waals surface area contributed by atoms with Crippen LogP contribution in [0.25, 0.3) is 0 Å². The van der Waals surface area contributed by atoms with Gasteiger partial charge in [-0.3, -0.25) is 4.79 Å². The van der Waals surface area contributed by atoms with Crippen LogP contribution in [-0.2, 0) is 4.79 Å². The van der Waals surface area contributed by atoms with E-state index in [2.05, 4.69) is 24.5 Å².